The highest BCUT2D eigenvalue weighted by Gasteiger charge is 2.33. The molecular weight excluding hydrogens is 429 g/mol. The van der Waals surface area contributed by atoms with Crippen LogP contribution in [0.15, 0.2) is 59.5 Å². The fourth-order valence-corrected chi connectivity index (χ4v) is 5.53. The van der Waals surface area contributed by atoms with Crippen LogP contribution in [0.1, 0.15) is 26.3 Å². The minimum absolute atomic E-state index is 0.0596. The predicted molar refractivity (Wildman–Crippen MR) is 114 cm³/mol. The molecule has 2 aromatic rings. The number of aliphatic hydroxyl groups excluding tert-OH is 1. The van der Waals surface area contributed by atoms with Crippen LogP contribution in [0.25, 0.3) is 0 Å². The second-order valence-electron chi connectivity index (χ2n) is 7.09. The first-order chi connectivity index (χ1) is 14.0. The van der Waals surface area contributed by atoms with Crippen LogP contribution in [-0.2, 0) is 23.6 Å². The Balaban J connectivity index is 2.20. The van der Waals surface area contributed by atoms with Gasteiger partial charge in [-0.2, -0.15) is 8.42 Å². The van der Waals surface area contributed by atoms with E-state index in [4.69, 9.17) is 13.4 Å². The number of ether oxygens (including phenoxy) is 1. The summed E-state index contributed by atoms with van der Waals surface area (Å²) in [6.07, 6.45) is -2.32. The van der Waals surface area contributed by atoms with Gasteiger partial charge in [0.2, 0.25) is 0 Å². The zero-order valence-corrected chi connectivity index (χ0v) is 19.1. The summed E-state index contributed by atoms with van der Waals surface area (Å²) < 4.78 is 54.4. The molecule has 3 atom stereocenters. The zero-order chi connectivity index (χ0) is 22.4. The summed E-state index contributed by atoms with van der Waals surface area (Å²) in [6.45, 7) is 6.86. The van der Waals surface area contributed by atoms with Crippen molar-refractivity contribution in [3.8, 4) is 5.75 Å². The quantitative estimate of drug-likeness (QED) is 0.299. The fraction of sp³-hybridized carbons (Fsp3) is 0.400. The molecule has 8 nitrogen and oxygen atoms in total. The number of para-hydroxylation sites is 1. The van der Waals surface area contributed by atoms with Crippen LogP contribution < -0.4 is 9.61 Å². The van der Waals surface area contributed by atoms with Crippen LogP contribution in [-0.4, -0.2) is 38.3 Å². The Morgan fingerprint density at radius 2 is 1.63 bits per heavy atom. The summed E-state index contributed by atoms with van der Waals surface area (Å²) in [7, 11) is -8.08. The van der Waals surface area contributed by atoms with Crippen LogP contribution >= 0.6 is 7.52 Å². The number of rotatable bonds is 11. The lowest BCUT2D eigenvalue weighted by molar-refractivity contribution is -0.137. The maximum atomic E-state index is 13.4. The van der Waals surface area contributed by atoms with Crippen molar-refractivity contribution in [1.29, 1.82) is 0 Å². The molecule has 0 aliphatic rings. The van der Waals surface area contributed by atoms with E-state index in [0.717, 1.165) is 5.56 Å². The highest BCUT2D eigenvalue weighted by Crippen LogP contribution is 2.44. The number of nitrogens with one attached hydrogen (secondary N) is 1. The third-order valence-electron chi connectivity index (χ3n) is 3.92. The molecular formula is C20H28NO7PS. The highest BCUT2D eigenvalue weighted by molar-refractivity contribution is 7.87. The molecule has 0 saturated heterocycles. The van der Waals surface area contributed by atoms with E-state index in [1.807, 2.05) is 6.92 Å². The second kappa shape index (κ2) is 10.5. The minimum Gasteiger partial charge on any atom is -0.431 e. The first-order valence-electron chi connectivity index (χ1n) is 9.42. The lowest BCUT2D eigenvalue weighted by atomic mass is 10.2. The Bertz CT molecular complexity index is 949. The monoisotopic (exact) mass is 457 g/mol. The topological polar surface area (TPSA) is 111 Å². The van der Waals surface area contributed by atoms with Gasteiger partial charge in [0.15, 0.2) is 12.6 Å². The van der Waals surface area contributed by atoms with Gasteiger partial charge in [0, 0.05) is 0 Å². The van der Waals surface area contributed by atoms with Gasteiger partial charge < -0.3 is 14.4 Å². The summed E-state index contributed by atoms with van der Waals surface area (Å²) >= 11 is 0. The van der Waals surface area contributed by atoms with Gasteiger partial charge in [-0.1, -0.05) is 35.9 Å². The largest absolute Gasteiger partial charge is 0.431 e. The Labute approximate surface area is 177 Å². The van der Waals surface area contributed by atoms with Crippen LogP contribution in [0.5, 0.6) is 5.75 Å². The van der Waals surface area contributed by atoms with Crippen molar-refractivity contribution in [2.24, 2.45) is 0 Å². The van der Waals surface area contributed by atoms with Crippen molar-refractivity contribution >= 4 is 17.6 Å². The molecule has 2 aromatic carbocycles. The van der Waals surface area contributed by atoms with Crippen molar-refractivity contribution in [1.82, 2.24) is 5.09 Å². The summed E-state index contributed by atoms with van der Waals surface area (Å²) in [6, 6.07) is 13.5. The first-order valence-corrected chi connectivity index (χ1v) is 12.6. The molecule has 166 valence electrons. The van der Waals surface area contributed by atoms with Gasteiger partial charge in [-0.15, -0.1) is 0 Å². The molecule has 0 bridgehead atoms. The minimum atomic E-state index is -4.16. The van der Waals surface area contributed by atoms with E-state index in [1.165, 1.54) is 12.1 Å². The molecule has 0 heterocycles. The number of hydrogen-bond donors (Lipinski definition) is 2. The molecule has 0 saturated carbocycles. The summed E-state index contributed by atoms with van der Waals surface area (Å²) in [5.41, 5.74) is 0.890. The van der Waals surface area contributed by atoms with Crippen molar-refractivity contribution in [2.75, 3.05) is 6.35 Å². The molecule has 0 amide bonds. The molecule has 30 heavy (non-hydrogen) atoms. The lowest BCUT2D eigenvalue weighted by Gasteiger charge is -2.27. The normalized spacial score (nSPS) is 16.1. The lowest BCUT2D eigenvalue weighted by Crippen LogP contribution is -2.40. The van der Waals surface area contributed by atoms with Gasteiger partial charge in [0.05, 0.1) is 17.0 Å². The third-order valence-corrected chi connectivity index (χ3v) is 7.15. The van der Waals surface area contributed by atoms with E-state index < -0.39 is 36.3 Å². The number of hydrogen-bond acceptors (Lipinski definition) is 7. The summed E-state index contributed by atoms with van der Waals surface area (Å²) in [5.74, 6) is 0.260. The number of aryl methyl sites for hydroxylation is 1. The van der Waals surface area contributed by atoms with Crippen LogP contribution in [0, 0.1) is 6.92 Å². The molecule has 0 aliphatic heterocycles. The molecule has 2 N–H and O–H groups in total. The molecule has 2 unspecified atom stereocenters. The van der Waals surface area contributed by atoms with Gasteiger partial charge in [-0.05, 0) is 52.0 Å². The summed E-state index contributed by atoms with van der Waals surface area (Å²) in [5, 5.41) is 12.8. The molecule has 2 rings (SSSR count). The molecule has 10 heteroatoms. The number of benzene rings is 2. The van der Waals surface area contributed by atoms with E-state index in [2.05, 4.69) is 5.09 Å². The molecule has 0 aliphatic carbocycles. The standard InChI is InChI=1S/C20H28NO7PS/c1-15(2)27-20(22)17(4)21-29(23,28-18-8-6-5-7-9-18)14-26-30(24,25)19-12-10-16(3)11-13-19/h5-13,15,17,20,22H,14H2,1-4H3,(H,21,23)/t17-,20?,29?/m0/s1. The van der Waals surface area contributed by atoms with E-state index in [1.54, 1.807) is 63.2 Å². The van der Waals surface area contributed by atoms with Gasteiger partial charge in [0.1, 0.15) is 5.75 Å². The molecule has 0 fully saturated rings. The number of aliphatic hydroxyl groups is 1. The van der Waals surface area contributed by atoms with Gasteiger partial charge in [0.25, 0.3) is 10.1 Å². The highest BCUT2D eigenvalue weighted by atomic mass is 32.2. The smallest absolute Gasteiger partial charge is 0.343 e. The SMILES string of the molecule is Cc1ccc(S(=O)(=O)OCP(=O)(N[C@@H](C)C(O)OC(C)C)Oc2ccccc2)cc1. The Morgan fingerprint density at radius 1 is 1.03 bits per heavy atom. The van der Waals surface area contributed by atoms with Crippen LogP contribution in [0.2, 0.25) is 0 Å². The second-order valence-corrected chi connectivity index (χ2v) is 10.7. The molecule has 0 aromatic heterocycles. The maximum Gasteiger partial charge on any atom is 0.343 e. The Kier molecular flexibility index (Phi) is 8.61. The van der Waals surface area contributed by atoms with E-state index >= 15 is 0 Å². The molecule has 0 radical (unpaired) electrons. The Hall–Kier alpha value is -1.74. The predicted octanol–water partition coefficient (Wildman–Crippen LogP) is 3.65. The van der Waals surface area contributed by atoms with E-state index in [-0.39, 0.29) is 16.7 Å². The van der Waals surface area contributed by atoms with Gasteiger partial charge in [-0.25, -0.2) is 5.09 Å². The van der Waals surface area contributed by atoms with E-state index in [0.29, 0.717) is 0 Å². The first kappa shape index (κ1) is 24.5. The zero-order valence-electron chi connectivity index (χ0n) is 17.4. The van der Waals surface area contributed by atoms with Gasteiger partial charge in [-0.3, -0.25) is 8.75 Å². The Morgan fingerprint density at radius 3 is 2.20 bits per heavy atom. The van der Waals surface area contributed by atoms with Gasteiger partial charge >= 0.3 is 7.52 Å². The van der Waals surface area contributed by atoms with Crippen LogP contribution in [0.4, 0.5) is 0 Å². The maximum absolute atomic E-state index is 13.4. The van der Waals surface area contributed by atoms with Crippen LogP contribution in [0.3, 0.4) is 0 Å². The third kappa shape index (κ3) is 7.50. The van der Waals surface area contributed by atoms with Crippen molar-refractivity contribution < 1.29 is 31.5 Å². The van der Waals surface area contributed by atoms with E-state index in [9.17, 15) is 18.1 Å². The van der Waals surface area contributed by atoms with Crippen molar-refractivity contribution in [3.05, 3.63) is 60.2 Å². The fourth-order valence-electron chi connectivity index (χ4n) is 2.42. The molecule has 0 spiro atoms. The van der Waals surface area contributed by atoms with Crippen molar-refractivity contribution in [2.45, 2.75) is 51.0 Å². The average molecular weight is 457 g/mol. The van der Waals surface area contributed by atoms with Crippen molar-refractivity contribution in [3.63, 3.8) is 0 Å². The summed E-state index contributed by atoms with van der Waals surface area (Å²) in [4.78, 5) is -0.0596. The average Bonchev–Trinajstić information content (AvgIpc) is 2.67.